The molecule has 0 radical (unpaired) electrons. The van der Waals surface area contributed by atoms with Gasteiger partial charge in [-0.1, -0.05) is 13.9 Å². The molecule has 0 aromatic carbocycles. The number of terminal acetylenes is 1. The molecule has 0 aromatic rings. The molecule has 0 aliphatic carbocycles. The van der Waals surface area contributed by atoms with E-state index in [0.29, 0.717) is 0 Å². The van der Waals surface area contributed by atoms with Gasteiger partial charge in [-0.15, -0.1) is 6.42 Å². The van der Waals surface area contributed by atoms with Crippen molar-refractivity contribution in [3.05, 3.63) is 0 Å². The number of hydrogen-bond donors (Lipinski definition) is 0. The second-order valence-electron chi connectivity index (χ2n) is 0.519. The molecule has 2 heteroatoms. The summed E-state index contributed by atoms with van der Waals surface area (Å²) in [4.78, 5) is 0. The van der Waals surface area contributed by atoms with Crippen molar-refractivity contribution in [2.45, 2.75) is 0 Å². The van der Waals surface area contributed by atoms with Crippen molar-refractivity contribution in [3.8, 4) is 12.1 Å². The molecule has 0 fully saturated rings. The fourth-order valence-corrected chi connectivity index (χ4v) is 0.650. The van der Waals surface area contributed by atoms with Crippen molar-refractivity contribution in [2.24, 2.45) is 0 Å². The van der Waals surface area contributed by atoms with E-state index in [2.05, 4.69) is 12.3 Å². The fraction of sp³-hybridized carbons (Fsp3) is 0.333. The molecule has 0 rings (SSSR count). The molecule has 28 valence electrons. The van der Waals surface area contributed by atoms with Gasteiger partial charge >= 0.3 is 0 Å². The molecule has 2 atom stereocenters. The Balaban J connectivity index is 2.48. The topological polar surface area (TPSA) is 0 Å². The van der Waals surface area contributed by atoms with E-state index in [1.807, 2.05) is 0 Å². The number of hydrogen-bond acceptors (Lipinski definition) is 0. The molecular weight excluding hydrogens is 98.0 g/mol. The third kappa shape index (κ3) is 4.42. The Morgan fingerprint density at radius 2 is 2.40 bits per heavy atom. The average molecular weight is 104 g/mol. The fourth-order valence-electron chi connectivity index (χ4n) is 0.0722. The predicted molar refractivity (Wildman–Crippen MR) is 31.4 cm³/mol. The predicted octanol–water partition coefficient (Wildman–Crippen LogP) is 1.48. The van der Waals surface area contributed by atoms with Crippen LogP contribution in [-0.4, -0.2) is 6.66 Å². The lowest BCUT2D eigenvalue weighted by molar-refractivity contribution is 2.51. The Morgan fingerprint density at radius 1 is 1.80 bits per heavy atom. The highest BCUT2D eigenvalue weighted by Crippen LogP contribution is 2.30. The van der Waals surface area contributed by atoms with Crippen LogP contribution < -0.4 is 0 Å². The smallest absolute Gasteiger partial charge is 0.0211 e. The summed E-state index contributed by atoms with van der Waals surface area (Å²) in [5.41, 5.74) is 2.56. The molecule has 0 bridgehead atoms. The zero-order chi connectivity index (χ0) is 4.12. The molecule has 0 aliphatic rings. The van der Waals surface area contributed by atoms with Gasteiger partial charge in [0.2, 0.25) is 0 Å². The van der Waals surface area contributed by atoms with Gasteiger partial charge in [-0.25, -0.2) is 0 Å². The minimum atomic E-state index is 0.753. The minimum Gasteiger partial charge on any atom is -0.115 e. The van der Waals surface area contributed by atoms with Gasteiger partial charge in [0, 0.05) is 0 Å². The van der Waals surface area contributed by atoms with Gasteiger partial charge in [0.15, 0.2) is 0 Å². The Labute approximate surface area is 36.2 Å². The van der Waals surface area contributed by atoms with Crippen LogP contribution >= 0.6 is 16.5 Å². The second kappa shape index (κ2) is 4.42. The minimum absolute atomic E-state index is 0.753. The highest BCUT2D eigenvalue weighted by Gasteiger charge is 1.59. The maximum atomic E-state index is 4.91. The molecular formula is C3H6P2. The summed E-state index contributed by atoms with van der Waals surface area (Å²) in [7, 11) is 1.70. The van der Waals surface area contributed by atoms with Crippen molar-refractivity contribution >= 4 is 16.5 Å². The maximum absolute atomic E-state index is 4.91. The van der Waals surface area contributed by atoms with Crippen molar-refractivity contribution in [1.29, 1.82) is 0 Å². The largest absolute Gasteiger partial charge is 0.115 e. The molecule has 0 nitrogen and oxygen atoms in total. The Hall–Kier alpha value is 0.420. The van der Waals surface area contributed by atoms with Crippen LogP contribution in [0.2, 0.25) is 0 Å². The van der Waals surface area contributed by atoms with Crippen LogP contribution in [-0.2, 0) is 0 Å². The summed E-state index contributed by atoms with van der Waals surface area (Å²) in [5, 5.41) is 0. The van der Waals surface area contributed by atoms with Gasteiger partial charge in [-0.3, -0.25) is 0 Å². The van der Waals surface area contributed by atoms with Gasteiger partial charge in [0.1, 0.15) is 0 Å². The van der Waals surface area contributed by atoms with Crippen molar-refractivity contribution < 1.29 is 0 Å². The zero-order valence-corrected chi connectivity index (χ0v) is 5.08. The van der Waals surface area contributed by atoms with Gasteiger partial charge in [-0.2, -0.15) is 0 Å². The quantitative estimate of drug-likeness (QED) is 0.349. The Kier molecular flexibility index (Phi) is 4.79. The van der Waals surface area contributed by atoms with Crippen LogP contribution in [0.5, 0.6) is 0 Å². The standard InChI is InChI=1S/C3H6P2/c1-3-5-4-2/h1,4-5H,2H3. The molecule has 0 saturated carbocycles. The summed E-state index contributed by atoms with van der Waals surface area (Å²) >= 11 is 0. The molecule has 0 aliphatic heterocycles. The Morgan fingerprint density at radius 3 is 2.40 bits per heavy atom. The zero-order valence-electron chi connectivity index (χ0n) is 3.08. The first-order valence-electron chi connectivity index (χ1n) is 1.29. The monoisotopic (exact) mass is 104 g/mol. The van der Waals surface area contributed by atoms with Crippen LogP contribution in [0.1, 0.15) is 0 Å². The van der Waals surface area contributed by atoms with Gasteiger partial charge in [0.25, 0.3) is 0 Å². The van der Waals surface area contributed by atoms with Crippen LogP contribution in [0, 0.1) is 12.1 Å². The molecule has 0 aromatic heterocycles. The molecule has 2 unspecified atom stereocenters. The van der Waals surface area contributed by atoms with Crippen molar-refractivity contribution in [1.82, 2.24) is 0 Å². The van der Waals surface area contributed by atoms with E-state index in [4.69, 9.17) is 6.42 Å². The van der Waals surface area contributed by atoms with E-state index in [1.54, 1.807) is 0 Å². The lowest BCUT2D eigenvalue weighted by Gasteiger charge is -1.71. The molecule has 0 N–H and O–H groups in total. The van der Waals surface area contributed by atoms with Crippen LogP contribution in [0.15, 0.2) is 0 Å². The van der Waals surface area contributed by atoms with E-state index >= 15 is 0 Å². The first-order valence-corrected chi connectivity index (χ1v) is 4.79. The summed E-state index contributed by atoms with van der Waals surface area (Å²) in [5.74, 6) is 0. The molecule has 0 heterocycles. The summed E-state index contributed by atoms with van der Waals surface area (Å²) in [6.07, 6.45) is 4.91. The Bertz CT molecular complexity index is 43.3. The highest BCUT2D eigenvalue weighted by molar-refractivity contribution is 8.13. The first kappa shape index (κ1) is 5.42. The van der Waals surface area contributed by atoms with Crippen LogP contribution in [0.3, 0.4) is 0 Å². The average Bonchev–Trinajstić information content (AvgIpc) is 1.41. The second-order valence-corrected chi connectivity index (χ2v) is 3.81. The van der Waals surface area contributed by atoms with E-state index in [9.17, 15) is 0 Å². The van der Waals surface area contributed by atoms with E-state index in [0.717, 1.165) is 16.5 Å². The summed E-state index contributed by atoms with van der Waals surface area (Å²) < 4.78 is 0. The van der Waals surface area contributed by atoms with Gasteiger partial charge in [0.05, 0.1) is 0 Å². The van der Waals surface area contributed by atoms with Gasteiger partial charge in [-0.05, 0) is 14.9 Å². The van der Waals surface area contributed by atoms with E-state index < -0.39 is 0 Å². The lowest BCUT2D eigenvalue weighted by atomic mass is 11.4. The van der Waals surface area contributed by atoms with Crippen molar-refractivity contribution in [3.63, 3.8) is 0 Å². The lowest BCUT2D eigenvalue weighted by Crippen LogP contribution is -1.19. The third-order valence-corrected chi connectivity index (χ3v) is 1.77. The normalized spacial score (nSPS) is 11.2. The van der Waals surface area contributed by atoms with Crippen LogP contribution in [0.25, 0.3) is 0 Å². The molecule has 0 amide bonds. The SMILES string of the molecule is C#CPPC. The molecule has 5 heavy (non-hydrogen) atoms. The van der Waals surface area contributed by atoms with E-state index in [1.165, 1.54) is 0 Å². The first-order chi connectivity index (χ1) is 2.41. The van der Waals surface area contributed by atoms with Gasteiger partial charge < -0.3 is 0 Å². The van der Waals surface area contributed by atoms with Crippen LogP contribution in [0.4, 0.5) is 0 Å². The van der Waals surface area contributed by atoms with Crippen molar-refractivity contribution in [2.75, 3.05) is 6.66 Å². The third-order valence-electron chi connectivity index (χ3n) is 0.197. The highest BCUT2D eigenvalue weighted by atomic mass is 32.0. The van der Waals surface area contributed by atoms with E-state index in [-0.39, 0.29) is 0 Å². The molecule has 0 spiro atoms. The summed E-state index contributed by atoms with van der Waals surface area (Å²) in [6, 6.07) is 0. The molecule has 0 saturated heterocycles. The maximum Gasteiger partial charge on any atom is -0.0211 e. The number of rotatable bonds is 1. The summed E-state index contributed by atoms with van der Waals surface area (Å²) in [6.45, 7) is 2.11.